The van der Waals surface area contributed by atoms with E-state index in [-0.39, 0.29) is 0 Å². The van der Waals surface area contributed by atoms with Crippen molar-refractivity contribution >= 4 is 39.1 Å². The van der Waals surface area contributed by atoms with Crippen molar-refractivity contribution in [1.82, 2.24) is 4.98 Å². The predicted molar refractivity (Wildman–Crippen MR) is 122 cm³/mol. The zero-order valence-electron chi connectivity index (χ0n) is 17.0. The van der Waals surface area contributed by atoms with Gasteiger partial charge in [0.05, 0.1) is 29.4 Å². The minimum absolute atomic E-state index is 0.308. The zero-order valence-corrected chi connectivity index (χ0v) is 17.8. The molecule has 0 saturated carbocycles. The normalized spacial score (nSPS) is 10.4. The molecule has 1 amide bonds. The first kappa shape index (κ1) is 21.0. The van der Waals surface area contributed by atoms with Crippen molar-refractivity contribution in [2.75, 3.05) is 19.0 Å². The largest absolute Gasteiger partial charge is 0.497 e. The summed E-state index contributed by atoms with van der Waals surface area (Å²) in [4.78, 5) is 29.7. The van der Waals surface area contributed by atoms with Crippen LogP contribution in [0.15, 0.2) is 66.0 Å². The van der Waals surface area contributed by atoms with Gasteiger partial charge in [-0.15, -0.1) is 11.3 Å². The van der Waals surface area contributed by atoms with E-state index in [1.165, 1.54) is 11.3 Å². The molecule has 0 aliphatic heterocycles. The van der Waals surface area contributed by atoms with Gasteiger partial charge in [0.15, 0.2) is 6.61 Å². The smallest absolute Gasteiger partial charge is 0.339 e. The third-order valence-electron chi connectivity index (χ3n) is 4.69. The number of carbonyl (C=O) groups is 2. The quantitative estimate of drug-likeness (QED) is 0.436. The Kier molecular flexibility index (Phi) is 6.10. The van der Waals surface area contributed by atoms with Gasteiger partial charge in [-0.3, -0.25) is 4.79 Å². The van der Waals surface area contributed by atoms with Gasteiger partial charge in [0.25, 0.3) is 5.91 Å². The number of carbonyl (C=O) groups excluding carboxylic acids is 2. The van der Waals surface area contributed by atoms with Gasteiger partial charge in [0.1, 0.15) is 16.8 Å². The number of thiophene rings is 1. The van der Waals surface area contributed by atoms with E-state index in [1.807, 2.05) is 42.5 Å². The number of para-hydroxylation sites is 1. The molecule has 0 aliphatic carbocycles. The molecule has 0 radical (unpaired) electrons. The van der Waals surface area contributed by atoms with Gasteiger partial charge in [0.2, 0.25) is 0 Å². The van der Waals surface area contributed by atoms with Crippen LogP contribution < -0.4 is 10.1 Å². The van der Waals surface area contributed by atoms with Crippen molar-refractivity contribution in [1.29, 1.82) is 5.26 Å². The molecular weight excluding hydrogens is 426 g/mol. The van der Waals surface area contributed by atoms with E-state index in [0.717, 1.165) is 5.56 Å². The molecule has 4 rings (SSSR count). The first-order valence-corrected chi connectivity index (χ1v) is 10.5. The molecule has 0 saturated heterocycles. The molecule has 7 nitrogen and oxygen atoms in total. The molecule has 2 aromatic heterocycles. The van der Waals surface area contributed by atoms with E-state index in [1.54, 1.807) is 36.8 Å². The number of ether oxygens (including phenoxy) is 2. The molecule has 0 atom stereocenters. The van der Waals surface area contributed by atoms with Crippen molar-refractivity contribution in [2.45, 2.75) is 0 Å². The summed E-state index contributed by atoms with van der Waals surface area (Å²) < 4.78 is 10.5. The second-order valence-corrected chi connectivity index (χ2v) is 7.62. The molecule has 0 bridgehead atoms. The minimum Gasteiger partial charge on any atom is -0.497 e. The monoisotopic (exact) mass is 443 g/mol. The van der Waals surface area contributed by atoms with Crippen LogP contribution in [0.2, 0.25) is 0 Å². The van der Waals surface area contributed by atoms with Crippen LogP contribution in [-0.2, 0) is 9.53 Å². The summed E-state index contributed by atoms with van der Waals surface area (Å²) >= 11 is 1.22. The lowest BCUT2D eigenvalue weighted by Crippen LogP contribution is -2.21. The average Bonchev–Trinajstić information content (AvgIpc) is 3.28. The number of hydrogen-bond donors (Lipinski definition) is 1. The third kappa shape index (κ3) is 4.43. The Morgan fingerprint density at radius 3 is 2.66 bits per heavy atom. The lowest BCUT2D eigenvalue weighted by Gasteiger charge is -2.10. The molecule has 1 N–H and O–H groups in total. The Morgan fingerprint density at radius 2 is 1.91 bits per heavy atom. The van der Waals surface area contributed by atoms with E-state index in [2.05, 4.69) is 10.3 Å². The average molecular weight is 443 g/mol. The number of hydrogen-bond acceptors (Lipinski definition) is 7. The van der Waals surface area contributed by atoms with Crippen LogP contribution in [-0.4, -0.2) is 30.6 Å². The number of fused-ring (bicyclic) bond motifs is 1. The second kappa shape index (κ2) is 9.29. The summed E-state index contributed by atoms with van der Waals surface area (Å²) in [6.45, 7) is -0.476. The van der Waals surface area contributed by atoms with Gasteiger partial charge in [-0.1, -0.05) is 18.2 Å². The van der Waals surface area contributed by atoms with Gasteiger partial charge >= 0.3 is 5.97 Å². The molecule has 8 heteroatoms. The van der Waals surface area contributed by atoms with Gasteiger partial charge in [-0.2, -0.15) is 5.26 Å². The molecule has 0 aliphatic rings. The van der Waals surface area contributed by atoms with Gasteiger partial charge < -0.3 is 14.8 Å². The summed E-state index contributed by atoms with van der Waals surface area (Å²) in [5, 5.41) is 14.4. The molecule has 2 heterocycles. The first-order chi connectivity index (χ1) is 15.6. The Bertz CT molecular complexity index is 1340. The van der Waals surface area contributed by atoms with Crippen LogP contribution in [0.3, 0.4) is 0 Å². The standard InChI is InChI=1S/C24H17N3O4S/c1-30-17-8-6-15(7-9-17)21-12-19(18-4-2-3-5-20(18)26-21)24(29)31-14-22(28)27-23-16(13-25)10-11-32-23/h2-12H,14H2,1H3,(H,27,28). The number of nitrogens with zero attached hydrogens (tertiary/aromatic N) is 2. The van der Waals surface area contributed by atoms with Crippen molar-refractivity contribution < 1.29 is 19.1 Å². The molecule has 0 spiro atoms. The molecule has 32 heavy (non-hydrogen) atoms. The Morgan fingerprint density at radius 1 is 1.12 bits per heavy atom. The number of nitriles is 1. The number of amides is 1. The van der Waals surface area contributed by atoms with Gasteiger partial charge in [-0.05, 0) is 47.8 Å². The number of aromatic nitrogens is 1. The maximum absolute atomic E-state index is 12.9. The van der Waals surface area contributed by atoms with E-state index in [4.69, 9.17) is 14.7 Å². The van der Waals surface area contributed by atoms with E-state index >= 15 is 0 Å². The number of rotatable bonds is 6. The lowest BCUT2D eigenvalue weighted by molar-refractivity contribution is -0.119. The first-order valence-electron chi connectivity index (χ1n) is 9.58. The summed E-state index contributed by atoms with van der Waals surface area (Å²) in [6.07, 6.45) is 0. The number of esters is 1. The van der Waals surface area contributed by atoms with Gasteiger partial charge in [-0.25, -0.2) is 9.78 Å². The highest BCUT2D eigenvalue weighted by Crippen LogP contribution is 2.27. The van der Waals surface area contributed by atoms with Crippen LogP contribution >= 0.6 is 11.3 Å². The van der Waals surface area contributed by atoms with Gasteiger partial charge in [0, 0.05) is 10.9 Å². The minimum atomic E-state index is -0.639. The fraction of sp³-hybridized carbons (Fsp3) is 0.0833. The number of anilines is 1. The van der Waals surface area contributed by atoms with Crippen molar-refractivity contribution in [3.8, 4) is 23.1 Å². The number of nitrogens with one attached hydrogen (secondary N) is 1. The van der Waals surface area contributed by atoms with E-state index < -0.39 is 18.5 Å². The SMILES string of the molecule is COc1ccc(-c2cc(C(=O)OCC(=O)Nc3sccc3C#N)c3ccccc3n2)cc1. The maximum Gasteiger partial charge on any atom is 0.339 e. The maximum atomic E-state index is 12.9. The molecule has 0 fully saturated rings. The summed E-state index contributed by atoms with van der Waals surface area (Å²) in [7, 11) is 1.59. The fourth-order valence-electron chi connectivity index (χ4n) is 3.12. The highest BCUT2D eigenvalue weighted by molar-refractivity contribution is 7.14. The molecule has 4 aromatic rings. The van der Waals surface area contributed by atoms with E-state index in [0.29, 0.717) is 38.5 Å². The summed E-state index contributed by atoms with van der Waals surface area (Å²) in [5.74, 6) is -0.447. The molecule has 158 valence electrons. The highest BCUT2D eigenvalue weighted by Gasteiger charge is 2.17. The molecule has 0 unspecified atom stereocenters. The predicted octanol–water partition coefficient (Wildman–Crippen LogP) is 4.64. The summed E-state index contributed by atoms with van der Waals surface area (Å²) in [5.41, 5.74) is 2.71. The van der Waals surface area contributed by atoms with E-state index in [9.17, 15) is 9.59 Å². The van der Waals surface area contributed by atoms with Crippen LogP contribution in [0.5, 0.6) is 5.75 Å². The zero-order chi connectivity index (χ0) is 22.5. The van der Waals surface area contributed by atoms with Crippen LogP contribution in [0.4, 0.5) is 5.00 Å². The Labute approximate surface area is 187 Å². The fourth-order valence-corrected chi connectivity index (χ4v) is 3.87. The summed E-state index contributed by atoms with van der Waals surface area (Å²) in [6, 6.07) is 19.8. The Balaban J connectivity index is 1.57. The van der Waals surface area contributed by atoms with Crippen LogP contribution in [0, 0.1) is 11.3 Å². The highest BCUT2D eigenvalue weighted by atomic mass is 32.1. The Hall–Kier alpha value is -4.22. The number of benzene rings is 2. The van der Waals surface area contributed by atoms with Crippen LogP contribution in [0.25, 0.3) is 22.2 Å². The third-order valence-corrected chi connectivity index (χ3v) is 5.52. The topological polar surface area (TPSA) is 101 Å². The van der Waals surface area contributed by atoms with Crippen molar-refractivity contribution in [3.05, 3.63) is 77.2 Å². The molecule has 2 aromatic carbocycles. The second-order valence-electron chi connectivity index (χ2n) is 6.70. The lowest BCUT2D eigenvalue weighted by atomic mass is 10.0. The number of methoxy groups -OCH3 is 1. The number of pyridine rings is 1. The van der Waals surface area contributed by atoms with Crippen molar-refractivity contribution in [2.24, 2.45) is 0 Å². The van der Waals surface area contributed by atoms with Crippen LogP contribution in [0.1, 0.15) is 15.9 Å². The molecular formula is C24H17N3O4S. The van der Waals surface area contributed by atoms with Crippen molar-refractivity contribution in [3.63, 3.8) is 0 Å².